The van der Waals surface area contributed by atoms with Crippen LogP contribution in [-0.2, 0) is 0 Å². The second kappa shape index (κ2) is 8.35. The lowest BCUT2D eigenvalue weighted by molar-refractivity contribution is -0.0494. The molecular weight excluding hydrogens is 289 g/mol. The van der Waals surface area contributed by atoms with Gasteiger partial charge < -0.3 is 20.5 Å². The van der Waals surface area contributed by atoms with Gasteiger partial charge in [0.15, 0.2) is 0 Å². The van der Waals surface area contributed by atoms with Crippen LogP contribution in [0.3, 0.4) is 0 Å². The lowest BCUT2D eigenvalue weighted by Crippen LogP contribution is -2.38. The standard InChI is InChI=1S/C13H17F3N2O3/c1-2-9(5-6-19)17-13(20)18-10-7-8(14)3-4-11(10)21-12(15)16/h3-4,7,9,12,19H,2,5-6H2,1H3,(H2,17,18,20). The normalized spacial score (nSPS) is 12.1. The van der Waals surface area contributed by atoms with E-state index in [0.29, 0.717) is 12.8 Å². The first kappa shape index (κ1) is 17.1. The van der Waals surface area contributed by atoms with Gasteiger partial charge >= 0.3 is 12.6 Å². The molecule has 0 aromatic heterocycles. The number of benzene rings is 1. The minimum absolute atomic E-state index is 0.0987. The summed E-state index contributed by atoms with van der Waals surface area (Å²) < 4.78 is 41.8. The van der Waals surface area contributed by atoms with Gasteiger partial charge in [0.25, 0.3) is 0 Å². The molecular formula is C13H17F3N2O3. The molecule has 1 atom stereocenters. The molecule has 118 valence electrons. The third-order valence-electron chi connectivity index (χ3n) is 2.71. The van der Waals surface area contributed by atoms with E-state index in [0.717, 1.165) is 18.2 Å². The second-order valence-corrected chi connectivity index (χ2v) is 4.23. The van der Waals surface area contributed by atoms with Crippen molar-refractivity contribution in [1.29, 1.82) is 0 Å². The van der Waals surface area contributed by atoms with Gasteiger partial charge in [-0.25, -0.2) is 9.18 Å². The minimum atomic E-state index is -3.09. The van der Waals surface area contributed by atoms with E-state index in [1.165, 1.54) is 0 Å². The van der Waals surface area contributed by atoms with Crippen molar-refractivity contribution in [3.63, 3.8) is 0 Å². The van der Waals surface area contributed by atoms with Crippen LogP contribution >= 0.6 is 0 Å². The van der Waals surface area contributed by atoms with Crippen LogP contribution in [-0.4, -0.2) is 30.4 Å². The highest BCUT2D eigenvalue weighted by Crippen LogP contribution is 2.26. The molecule has 0 aliphatic rings. The molecule has 1 unspecified atom stereocenters. The summed E-state index contributed by atoms with van der Waals surface area (Å²) in [4.78, 5) is 11.7. The van der Waals surface area contributed by atoms with Gasteiger partial charge in [0, 0.05) is 18.7 Å². The van der Waals surface area contributed by atoms with Crippen molar-refractivity contribution >= 4 is 11.7 Å². The number of rotatable bonds is 7. The maximum absolute atomic E-state index is 13.1. The van der Waals surface area contributed by atoms with Crippen molar-refractivity contribution in [2.75, 3.05) is 11.9 Å². The lowest BCUT2D eigenvalue weighted by atomic mass is 10.2. The number of anilines is 1. The number of alkyl halides is 2. The van der Waals surface area contributed by atoms with E-state index in [1.54, 1.807) is 0 Å². The molecule has 1 rings (SSSR count). The Kier molecular flexibility index (Phi) is 6.80. The third kappa shape index (κ3) is 5.90. The summed E-state index contributed by atoms with van der Waals surface area (Å²) in [6.45, 7) is -1.37. The number of ether oxygens (including phenoxy) is 1. The van der Waals surface area contributed by atoms with Crippen LogP contribution < -0.4 is 15.4 Å². The fourth-order valence-corrected chi connectivity index (χ4v) is 1.68. The quantitative estimate of drug-likeness (QED) is 0.725. The van der Waals surface area contributed by atoms with E-state index in [4.69, 9.17) is 5.11 Å². The first-order valence-corrected chi connectivity index (χ1v) is 6.39. The number of aliphatic hydroxyl groups excluding tert-OH is 1. The van der Waals surface area contributed by atoms with Crippen molar-refractivity contribution in [2.45, 2.75) is 32.4 Å². The molecule has 21 heavy (non-hydrogen) atoms. The van der Waals surface area contributed by atoms with Crippen molar-refractivity contribution in [3.8, 4) is 5.75 Å². The predicted octanol–water partition coefficient (Wildman–Crippen LogP) is 2.71. The zero-order valence-corrected chi connectivity index (χ0v) is 11.4. The topological polar surface area (TPSA) is 70.6 Å². The van der Waals surface area contributed by atoms with Crippen LogP contribution in [0.1, 0.15) is 19.8 Å². The Morgan fingerprint density at radius 3 is 2.71 bits per heavy atom. The number of halogens is 3. The number of urea groups is 1. The van der Waals surface area contributed by atoms with Gasteiger partial charge in [-0.2, -0.15) is 8.78 Å². The zero-order valence-electron chi connectivity index (χ0n) is 11.4. The number of nitrogens with one attached hydrogen (secondary N) is 2. The molecule has 5 nitrogen and oxygen atoms in total. The van der Waals surface area contributed by atoms with Crippen LogP contribution in [0.4, 0.5) is 23.7 Å². The fourth-order valence-electron chi connectivity index (χ4n) is 1.68. The third-order valence-corrected chi connectivity index (χ3v) is 2.71. The van der Waals surface area contributed by atoms with Gasteiger partial charge in [0.2, 0.25) is 0 Å². The number of carbonyl (C=O) groups excluding carboxylic acids is 1. The zero-order chi connectivity index (χ0) is 15.8. The number of aliphatic hydroxyl groups is 1. The summed E-state index contributed by atoms with van der Waals surface area (Å²) in [7, 11) is 0. The molecule has 8 heteroatoms. The highest BCUT2D eigenvalue weighted by atomic mass is 19.3. The molecule has 0 radical (unpaired) electrons. The molecule has 0 aliphatic carbocycles. The molecule has 1 aromatic rings. The van der Waals surface area contributed by atoms with Crippen LogP contribution in [0.2, 0.25) is 0 Å². The molecule has 1 aromatic carbocycles. The molecule has 2 amide bonds. The van der Waals surface area contributed by atoms with Crippen molar-refractivity contribution in [2.24, 2.45) is 0 Å². The Morgan fingerprint density at radius 1 is 1.43 bits per heavy atom. The summed E-state index contributed by atoms with van der Waals surface area (Å²) in [6, 6.07) is 1.86. The summed E-state index contributed by atoms with van der Waals surface area (Å²) in [5, 5.41) is 13.6. The van der Waals surface area contributed by atoms with E-state index in [2.05, 4.69) is 15.4 Å². The Balaban J connectivity index is 2.76. The lowest BCUT2D eigenvalue weighted by Gasteiger charge is -2.17. The highest BCUT2D eigenvalue weighted by Gasteiger charge is 2.15. The van der Waals surface area contributed by atoms with Gasteiger partial charge in [-0.3, -0.25) is 0 Å². The molecule has 0 heterocycles. The summed E-state index contributed by atoms with van der Waals surface area (Å²) in [5.41, 5.74) is -0.202. The average Bonchev–Trinajstić information content (AvgIpc) is 2.41. The monoisotopic (exact) mass is 306 g/mol. The second-order valence-electron chi connectivity index (χ2n) is 4.23. The van der Waals surface area contributed by atoms with Crippen LogP contribution in [0.25, 0.3) is 0 Å². The van der Waals surface area contributed by atoms with Crippen molar-refractivity contribution in [3.05, 3.63) is 24.0 Å². The van der Waals surface area contributed by atoms with Gasteiger partial charge in [-0.1, -0.05) is 6.92 Å². The number of hydrogen-bond donors (Lipinski definition) is 3. The molecule has 0 spiro atoms. The van der Waals surface area contributed by atoms with Crippen LogP contribution in [0.5, 0.6) is 5.75 Å². The summed E-state index contributed by atoms with van der Waals surface area (Å²) in [6.07, 6.45) is 0.936. The molecule has 0 fully saturated rings. The van der Waals surface area contributed by atoms with Gasteiger partial charge in [-0.15, -0.1) is 0 Å². The largest absolute Gasteiger partial charge is 0.433 e. The van der Waals surface area contributed by atoms with Crippen LogP contribution in [0.15, 0.2) is 18.2 Å². The SMILES string of the molecule is CCC(CCO)NC(=O)Nc1cc(F)ccc1OC(F)F. The predicted molar refractivity (Wildman–Crippen MR) is 71.0 cm³/mol. The maximum Gasteiger partial charge on any atom is 0.387 e. The molecule has 0 aliphatic heterocycles. The molecule has 0 saturated heterocycles. The molecule has 0 bridgehead atoms. The van der Waals surface area contributed by atoms with Gasteiger partial charge in [0.05, 0.1) is 5.69 Å². The molecule has 0 saturated carbocycles. The summed E-state index contributed by atoms with van der Waals surface area (Å²) in [5.74, 6) is -1.04. The number of amides is 2. The Morgan fingerprint density at radius 2 is 2.14 bits per heavy atom. The van der Waals surface area contributed by atoms with E-state index in [1.807, 2.05) is 6.92 Å². The van der Waals surface area contributed by atoms with E-state index < -0.39 is 18.5 Å². The average molecular weight is 306 g/mol. The molecule has 3 N–H and O–H groups in total. The number of hydrogen-bond acceptors (Lipinski definition) is 3. The smallest absolute Gasteiger partial charge is 0.387 e. The maximum atomic E-state index is 13.1. The first-order valence-electron chi connectivity index (χ1n) is 6.39. The van der Waals surface area contributed by atoms with Gasteiger partial charge in [-0.05, 0) is 25.0 Å². The van der Waals surface area contributed by atoms with E-state index in [-0.39, 0.29) is 24.1 Å². The highest BCUT2D eigenvalue weighted by molar-refractivity contribution is 5.91. The Labute approximate surface area is 120 Å². The number of carbonyl (C=O) groups is 1. The van der Waals surface area contributed by atoms with E-state index in [9.17, 15) is 18.0 Å². The van der Waals surface area contributed by atoms with Crippen molar-refractivity contribution in [1.82, 2.24) is 5.32 Å². The van der Waals surface area contributed by atoms with E-state index >= 15 is 0 Å². The van der Waals surface area contributed by atoms with Gasteiger partial charge in [0.1, 0.15) is 11.6 Å². The Hall–Kier alpha value is -1.96. The van der Waals surface area contributed by atoms with Crippen LogP contribution in [0, 0.1) is 5.82 Å². The van der Waals surface area contributed by atoms with Crippen molar-refractivity contribution < 1.29 is 27.8 Å². The minimum Gasteiger partial charge on any atom is -0.433 e. The first-order chi connectivity index (χ1) is 9.96. The summed E-state index contributed by atoms with van der Waals surface area (Å²) >= 11 is 0. The Bertz CT molecular complexity index is 472. The fraction of sp³-hybridized carbons (Fsp3) is 0.462.